The van der Waals surface area contributed by atoms with Crippen molar-refractivity contribution >= 4 is 0 Å². The SMILES string of the molecule is CCCCCC(O)C1CCCCCN1. The van der Waals surface area contributed by atoms with Gasteiger partial charge < -0.3 is 10.4 Å². The first kappa shape index (κ1) is 12.0. The summed E-state index contributed by atoms with van der Waals surface area (Å²) in [5, 5.41) is 13.4. The maximum Gasteiger partial charge on any atom is 0.0693 e. The minimum Gasteiger partial charge on any atom is -0.392 e. The molecule has 0 bridgehead atoms. The molecular formula is C12H25NO. The van der Waals surface area contributed by atoms with Gasteiger partial charge in [-0.25, -0.2) is 0 Å². The van der Waals surface area contributed by atoms with Gasteiger partial charge in [0, 0.05) is 6.04 Å². The van der Waals surface area contributed by atoms with Crippen molar-refractivity contribution in [1.29, 1.82) is 0 Å². The molecule has 0 aliphatic carbocycles. The van der Waals surface area contributed by atoms with Crippen LogP contribution in [-0.2, 0) is 0 Å². The lowest BCUT2D eigenvalue weighted by Gasteiger charge is -2.22. The summed E-state index contributed by atoms with van der Waals surface area (Å²) in [6.07, 6.45) is 9.58. The van der Waals surface area contributed by atoms with E-state index in [-0.39, 0.29) is 6.10 Å². The predicted octanol–water partition coefficient (Wildman–Crippen LogP) is 2.46. The fraction of sp³-hybridized carbons (Fsp3) is 1.00. The molecule has 14 heavy (non-hydrogen) atoms. The number of aliphatic hydroxyl groups excluding tert-OH is 1. The Labute approximate surface area is 88.1 Å². The van der Waals surface area contributed by atoms with Crippen LogP contribution < -0.4 is 5.32 Å². The summed E-state index contributed by atoms with van der Waals surface area (Å²) in [6, 6.07) is 0.370. The highest BCUT2D eigenvalue weighted by Gasteiger charge is 2.19. The molecule has 0 amide bonds. The summed E-state index contributed by atoms with van der Waals surface area (Å²) in [5.41, 5.74) is 0. The van der Waals surface area contributed by atoms with Gasteiger partial charge in [0.25, 0.3) is 0 Å². The molecule has 1 rings (SSSR count). The Hall–Kier alpha value is -0.0800. The molecule has 0 aromatic rings. The van der Waals surface area contributed by atoms with Crippen LogP contribution in [0.3, 0.4) is 0 Å². The second kappa shape index (κ2) is 7.24. The lowest BCUT2D eigenvalue weighted by Crippen LogP contribution is -2.39. The Kier molecular flexibility index (Phi) is 6.20. The Balaban J connectivity index is 2.16. The molecule has 1 saturated heterocycles. The smallest absolute Gasteiger partial charge is 0.0693 e. The number of unbranched alkanes of at least 4 members (excludes halogenated alkanes) is 2. The van der Waals surface area contributed by atoms with E-state index < -0.39 is 0 Å². The standard InChI is InChI=1S/C12H25NO/c1-2-3-5-9-12(14)11-8-6-4-7-10-13-11/h11-14H,2-10H2,1H3. The van der Waals surface area contributed by atoms with E-state index in [9.17, 15) is 5.11 Å². The summed E-state index contributed by atoms with van der Waals surface area (Å²) < 4.78 is 0. The van der Waals surface area contributed by atoms with E-state index in [4.69, 9.17) is 0 Å². The molecule has 1 heterocycles. The molecule has 2 unspecified atom stereocenters. The van der Waals surface area contributed by atoms with Gasteiger partial charge >= 0.3 is 0 Å². The number of rotatable bonds is 5. The monoisotopic (exact) mass is 199 g/mol. The molecule has 0 radical (unpaired) electrons. The Morgan fingerprint density at radius 1 is 1.29 bits per heavy atom. The Morgan fingerprint density at radius 2 is 2.14 bits per heavy atom. The summed E-state index contributed by atoms with van der Waals surface area (Å²) in [5.74, 6) is 0. The second-order valence-corrected chi connectivity index (χ2v) is 4.47. The number of aliphatic hydroxyl groups is 1. The van der Waals surface area contributed by atoms with Crippen LogP contribution in [0.15, 0.2) is 0 Å². The van der Waals surface area contributed by atoms with Gasteiger partial charge in [-0.15, -0.1) is 0 Å². The van der Waals surface area contributed by atoms with E-state index in [2.05, 4.69) is 12.2 Å². The van der Waals surface area contributed by atoms with Crippen LogP contribution in [0, 0.1) is 0 Å². The molecule has 0 aromatic heterocycles. The highest BCUT2D eigenvalue weighted by Crippen LogP contribution is 2.15. The molecule has 1 aliphatic heterocycles. The molecule has 2 nitrogen and oxygen atoms in total. The van der Waals surface area contributed by atoms with Gasteiger partial charge in [-0.05, 0) is 25.8 Å². The fourth-order valence-corrected chi connectivity index (χ4v) is 2.19. The molecule has 84 valence electrons. The Morgan fingerprint density at radius 3 is 2.93 bits per heavy atom. The zero-order valence-electron chi connectivity index (χ0n) is 9.47. The number of hydrogen-bond acceptors (Lipinski definition) is 2. The van der Waals surface area contributed by atoms with E-state index in [1.165, 1.54) is 38.5 Å². The van der Waals surface area contributed by atoms with E-state index in [1.54, 1.807) is 0 Å². The number of hydrogen-bond donors (Lipinski definition) is 2. The Bertz CT molecular complexity index is 130. The summed E-state index contributed by atoms with van der Waals surface area (Å²) in [4.78, 5) is 0. The average molecular weight is 199 g/mol. The summed E-state index contributed by atoms with van der Waals surface area (Å²) >= 11 is 0. The minimum atomic E-state index is -0.111. The first-order valence-corrected chi connectivity index (χ1v) is 6.26. The molecule has 2 heteroatoms. The third-order valence-corrected chi connectivity index (χ3v) is 3.17. The molecule has 0 spiro atoms. The van der Waals surface area contributed by atoms with E-state index in [0.717, 1.165) is 19.4 Å². The zero-order valence-corrected chi connectivity index (χ0v) is 9.47. The number of nitrogens with one attached hydrogen (secondary N) is 1. The fourth-order valence-electron chi connectivity index (χ4n) is 2.19. The molecule has 2 N–H and O–H groups in total. The first-order valence-electron chi connectivity index (χ1n) is 6.26. The van der Waals surface area contributed by atoms with Crippen molar-refractivity contribution in [2.75, 3.05) is 6.54 Å². The van der Waals surface area contributed by atoms with Gasteiger partial charge in [0.05, 0.1) is 6.10 Å². The third kappa shape index (κ3) is 4.43. The maximum atomic E-state index is 9.96. The molecular weight excluding hydrogens is 174 g/mol. The van der Waals surface area contributed by atoms with Crippen molar-refractivity contribution in [3.8, 4) is 0 Å². The lowest BCUT2D eigenvalue weighted by atomic mass is 10.0. The van der Waals surface area contributed by atoms with Crippen LogP contribution in [-0.4, -0.2) is 23.8 Å². The van der Waals surface area contributed by atoms with Crippen LogP contribution in [0.4, 0.5) is 0 Å². The quantitative estimate of drug-likeness (QED) is 0.667. The summed E-state index contributed by atoms with van der Waals surface area (Å²) in [7, 11) is 0. The van der Waals surface area contributed by atoms with Crippen molar-refractivity contribution in [3.05, 3.63) is 0 Å². The van der Waals surface area contributed by atoms with E-state index in [1.807, 2.05) is 0 Å². The predicted molar refractivity (Wildman–Crippen MR) is 60.4 cm³/mol. The highest BCUT2D eigenvalue weighted by atomic mass is 16.3. The maximum absolute atomic E-state index is 9.96. The van der Waals surface area contributed by atoms with Crippen LogP contribution >= 0.6 is 0 Å². The second-order valence-electron chi connectivity index (χ2n) is 4.47. The average Bonchev–Trinajstić information content (AvgIpc) is 2.46. The summed E-state index contributed by atoms with van der Waals surface area (Å²) in [6.45, 7) is 3.30. The lowest BCUT2D eigenvalue weighted by molar-refractivity contribution is 0.113. The highest BCUT2D eigenvalue weighted by molar-refractivity contribution is 4.77. The normalized spacial score (nSPS) is 25.7. The van der Waals surface area contributed by atoms with Crippen molar-refractivity contribution < 1.29 is 5.11 Å². The van der Waals surface area contributed by atoms with Crippen LogP contribution in [0.25, 0.3) is 0 Å². The third-order valence-electron chi connectivity index (χ3n) is 3.17. The van der Waals surface area contributed by atoms with Gasteiger partial charge in [-0.3, -0.25) is 0 Å². The van der Waals surface area contributed by atoms with Crippen LogP contribution in [0.1, 0.15) is 58.3 Å². The van der Waals surface area contributed by atoms with Crippen LogP contribution in [0.5, 0.6) is 0 Å². The van der Waals surface area contributed by atoms with Gasteiger partial charge in [-0.1, -0.05) is 39.0 Å². The van der Waals surface area contributed by atoms with Crippen LogP contribution in [0.2, 0.25) is 0 Å². The van der Waals surface area contributed by atoms with E-state index in [0.29, 0.717) is 6.04 Å². The van der Waals surface area contributed by atoms with Crippen molar-refractivity contribution in [3.63, 3.8) is 0 Å². The van der Waals surface area contributed by atoms with Crippen molar-refractivity contribution in [2.45, 2.75) is 70.4 Å². The van der Waals surface area contributed by atoms with Gasteiger partial charge in [0.2, 0.25) is 0 Å². The topological polar surface area (TPSA) is 32.3 Å². The molecule has 1 aliphatic rings. The minimum absolute atomic E-state index is 0.111. The van der Waals surface area contributed by atoms with Crippen molar-refractivity contribution in [1.82, 2.24) is 5.32 Å². The zero-order chi connectivity index (χ0) is 10.2. The first-order chi connectivity index (χ1) is 6.84. The van der Waals surface area contributed by atoms with E-state index >= 15 is 0 Å². The largest absolute Gasteiger partial charge is 0.392 e. The molecule has 0 saturated carbocycles. The van der Waals surface area contributed by atoms with Gasteiger partial charge in [-0.2, -0.15) is 0 Å². The molecule has 0 aromatic carbocycles. The van der Waals surface area contributed by atoms with Gasteiger partial charge in [0.15, 0.2) is 0 Å². The molecule has 2 atom stereocenters. The molecule has 1 fully saturated rings. The van der Waals surface area contributed by atoms with Crippen molar-refractivity contribution in [2.24, 2.45) is 0 Å². The van der Waals surface area contributed by atoms with Gasteiger partial charge in [0.1, 0.15) is 0 Å².